The molecule has 33 heavy (non-hydrogen) atoms. The zero-order valence-electron chi connectivity index (χ0n) is 17.6. The number of hydrogen-bond acceptors (Lipinski definition) is 4. The Morgan fingerprint density at radius 3 is 2.42 bits per heavy atom. The SMILES string of the molecule is O=C(O)[C@H](CCc1ccc(N2C(=O)C3(CC3)c3cccnc32)cc1)Nc1c(Cl)cccc1Cl. The molecule has 1 saturated carbocycles. The van der Waals surface area contributed by atoms with Gasteiger partial charge in [0.25, 0.3) is 0 Å². The number of para-hydroxylation sites is 1. The van der Waals surface area contributed by atoms with E-state index in [0.717, 1.165) is 29.7 Å². The maximum atomic E-state index is 13.1. The molecule has 8 heteroatoms. The molecule has 6 nitrogen and oxygen atoms in total. The van der Waals surface area contributed by atoms with Crippen LogP contribution in [-0.4, -0.2) is 28.0 Å². The number of carbonyl (C=O) groups excluding carboxylic acids is 1. The molecular weight excluding hydrogens is 461 g/mol. The first-order valence-electron chi connectivity index (χ1n) is 10.7. The number of fused-ring (bicyclic) bond motifs is 2. The quantitative estimate of drug-likeness (QED) is 0.459. The lowest BCUT2D eigenvalue weighted by atomic mass is 10.00. The Kier molecular flexibility index (Phi) is 5.51. The Balaban J connectivity index is 1.30. The molecule has 1 aromatic heterocycles. The number of anilines is 3. The van der Waals surface area contributed by atoms with Gasteiger partial charge in [0.05, 0.1) is 26.8 Å². The number of amides is 1. The second-order valence-corrected chi connectivity index (χ2v) is 9.25. The number of aliphatic carboxylic acids is 1. The minimum Gasteiger partial charge on any atom is -0.480 e. The summed E-state index contributed by atoms with van der Waals surface area (Å²) in [5.74, 6) is -0.196. The van der Waals surface area contributed by atoms with E-state index in [-0.39, 0.29) is 5.91 Å². The van der Waals surface area contributed by atoms with E-state index >= 15 is 0 Å². The van der Waals surface area contributed by atoms with Crippen LogP contribution in [0.1, 0.15) is 30.4 Å². The van der Waals surface area contributed by atoms with Gasteiger partial charge in [0.1, 0.15) is 11.9 Å². The molecule has 0 saturated heterocycles. The average molecular weight is 482 g/mol. The Labute approximate surface area is 201 Å². The lowest BCUT2D eigenvalue weighted by Crippen LogP contribution is -2.30. The number of rotatable bonds is 7. The van der Waals surface area contributed by atoms with Crippen molar-refractivity contribution in [3.63, 3.8) is 0 Å². The van der Waals surface area contributed by atoms with Gasteiger partial charge in [-0.25, -0.2) is 9.78 Å². The van der Waals surface area contributed by atoms with E-state index in [0.29, 0.717) is 34.4 Å². The Hall–Kier alpha value is -3.09. The van der Waals surface area contributed by atoms with Gasteiger partial charge in [0, 0.05) is 11.8 Å². The molecule has 2 aromatic carbocycles. The summed E-state index contributed by atoms with van der Waals surface area (Å²) >= 11 is 12.3. The van der Waals surface area contributed by atoms with Crippen LogP contribution >= 0.6 is 23.2 Å². The molecular formula is C25H21Cl2N3O3. The molecule has 5 rings (SSSR count). The predicted octanol–water partition coefficient (Wildman–Crippen LogP) is 5.60. The molecule has 1 spiro atoms. The van der Waals surface area contributed by atoms with Gasteiger partial charge in [-0.15, -0.1) is 0 Å². The topological polar surface area (TPSA) is 82.5 Å². The number of carbonyl (C=O) groups is 2. The predicted molar refractivity (Wildman–Crippen MR) is 129 cm³/mol. The van der Waals surface area contributed by atoms with Crippen LogP contribution in [0, 0.1) is 0 Å². The third-order valence-electron chi connectivity index (χ3n) is 6.37. The molecule has 1 amide bonds. The number of carboxylic acids is 1. The fourth-order valence-electron chi connectivity index (χ4n) is 4.41. The van der Waals surface area contributed by atoms with Crippen molar-refractivity contribution in [2.24, 2.45) is 0 Å². The zero-order valence-corrected chi connectivity index (χ0v) is 19.1. The van der Waals surface area contributed by atoms with E-state index in [4.69, 9.17) is 23.2 Å². The molecule has 2 aliphatic rings. The summed E-state index contributed by atoms with van der Waals surface area (Å²) in [6, 6.07) is 15.7. The summed E-state index contributed by atoms with van der Waals surface area (Å²) in [4.78, 5) is 31.1. The maximum absolute atomic E-state index is 13.1. The number of halogens is 2. The van der Waals surface area contributed by atoms with Crippen molar-refractivity contribution >= 4 is 52.3 Å². The number of benzene rings is 2. The van der Waals surface area contributed by atoms with Crippen molar-refractivity contribution in [1.29, 1.82) is 0 Å². The standard InChI is InChI=1S/C25H21Cl2N3O3/c26-18-4-1-5-19(27)21(18)29-20(23(31)32)11-8-15-6-9-16(10-7-15)30-22-17(3-2-14-28-22)25(12-13-25)24(30)33/h1-7,9-10,14,20,29H,8,11-13H2,(H,31,32)/t20-/m0/s1. The van der Waals surface area contributed by atoms with Gasteiger partial charge in [-0.2, -0.15) is 0 Å². The minimum atomic E-state index is -0.984. The van der Waals surface area contributed by atoms with Crippen LogP contribution < -0.4 is 10.2 Å². The number of pyridine rings is 1. The van der Waals surface area contributed by atoms with Crippen LogP contribution in [0.3, 0.4) is 0 Å². The van der Waals surface area contributed by atoms with Crippen LogP contribution in [-0.2, 0) is 21.4 Å². The summed E-state index contributed by atoms with van der Waals surface area (Å²) < 4.78 is 0. The van der Waals surface area contributed by atoms with Crippen molar-refractivity contribution in [2.45, 2.75) is 37.1 Å². The second-order valence-electron chi connectivity index (χ2n) is 8.43. The Morgan fingerprint density at radius 2 is 1.79 bits per heavy atom. The molecule has 1 atom stereocenters. The third-order valence-corrected chi connectivity index (χ3v) is 7.00. The van der Waals surface area contributed by atoms with Crippen molar-refractivity contribution in [1.82, 2.24) is 4.98 Å². The Morgan fingerprint density at radius 1 is 1.09 bits per heavy atom. The van der Waals surface area contributed by atoms with Crippen LogP contribution in [0.2, 0.25) is 10.0 Å². The van der Waals surface area contributed by atoms with E-state index in [1.54, 1.807) is 29.3 Å². The highest BCUT2D eigenvalue weighted by Gasteiger charge is 2.60. The second kappa shape index (κ2) is 8.36. The largest absolute Gasteiger partial charge is 0.480 e. The van der Waals surface area contributed by atoms with E-state index in [2.05, 4.69) is 10.3 Å². The average Bonchev–Trinajstić information content (AvgIpc) is 3.57. The van der Waals surface area contributed by atoms with E-state index in [1.165, 1.54) is 0 Å². The fourth-order valence-corrected chi connectivity index (χ4v) is 4.92. The summed E-state index contributed by atoms with van der Waals surface area (Å²) in [6.07, 6.45) is 4.29. The summed E-state index contributed by atoms with van der Waals surface area (Å²) in [6.45, 7) is 0. The molecule has 0 radical (unpaired) electrons. The normalized spacial score (nSPS) is 16.5. The van der Waals surface area contributed by atoms with Gasteiger partial charge in [0.2, 0.25) is 5.91 Å². The smallest absolute Gasteiger partial charge is 0.326 e. The first-order valence-corrected chi connectivity index (χ1v) is 11.5. The third kappa shape index (κ3) is 3.83. The highest BCUT2D eigenvalue weighted by Crippen LogP contribution is 2.58. The van der Waals surface area contributed by atoms with Crippen LogP contribution in [0.5, 0.6) is 0 Å². The van der Waals surface area contributed by atoms with Crippen LogP contribution in [0.15, 0.2) is 60.8 Å². The van der Waals surface area contributed by atoms with Gasteiger partial charge in [-0.3, -0.25) is 9.69 Å². The number of hydrogen-bond donors (Lipinski definition) is 2. The van der Waals surface area contributed by atoms with Crippen molar-refractivity contribution in [3.8, 4) is 0 Å². The summed E-state index contributed by atoms with van der Waals surface area (Å²) in [5, 5.41) is 13.4. The summed E-state index contributed by atoms with van der Waals surface area (Å²) in [7, 11) is 0. The first kappa shape index (κ1) is 21.7. The van der Waals surface area contributed by atoms with Crippen molar-refractivity contribution in [2.75, 3.05) is 10.2 Å². The lowest BCUT2D eigenvalue weighted by Gasteiger charge is -2.19. The molecule has 1 aliphatic carbocycles. The highest BCUT2D eigenvalue weighted by atomic mass is 35.5. The lowest BCUT2D eigenvalue weighted by molar-refractivity contribution is -0.138. The Bertz CT molecular complexity index is 1220. The van der Waals surface area contributed by atoms with Crippen LogP contribution in [0.25, 0.3) is 0 Å². The maximum Gasteiger partial charge on any atom is 0.326 e. The molecule has 2 N–H and O–H groups in total. The number of nitrogens with zero attached hydrogens (tertiary/aromatic N) is 2. The van der Waals surface area contributed by atoms with Gasteiger partial charge in [-0.1, -0.05) is 47.5 Å². The number of aryl methyl sites for hydroxylation is 1. The van der Waals surface area contributed by atoms with Crippen LogP contribution in [0.4, 0.5) is 17.2 Å². The number of carboxylic acid groups (broad SMARTS) is 1. The van der Waals surface area contributed by atoms with Gasteiger partial charge in [0.15, 0.2) is 0 Å². The number of nitrogens with one attached hydrogen (secondary N) is 1. The van der Waals surface area contributed by atoms with Crippen molar-refractivity contribution in [3.05, 3.63) is 82.0 Å². The van der Waals surface area contributed by atoms with Gasteiger partial charge < -0.3 is 10.4 Å². The van der Waals surface area contributed by atoms with Gasteiger partial charge in [-0.05, 0) is 61.6 Å². The first-order chi connectivity index (χ1) is 15.9. The van der Waals surface area contributed by atoms with E-state index in [9.17, 15) is 14.7 Å². The molecule has 0 bridgehead atoms. The summed E-state index contributed by atoms with van der Waals surface area (Å²) in [5.41, 5.74) is 2.75. The molecule has 1 aliphatic heterocycles. The molecule has 3 aromatic rings. The highest BCUT2D eigenvalue weighted by molar-refractivity contribution is 6.39. The molecule has 2 heterocycles. The minimum absolute atomic E-state index is 0.0794. The van der Waals surface area contributed by atoms with Gasteiger partial charge >= 0.3 is 5.97 Å². The monoisotopic (exact) mass is 481 g/mol. The zero-order chi connectivity index (χ0) is 23.2. The van der Waals surface area contributed by atoms with Crippen molar-refractivity contribution < 1.29 is 14.7 Å². The molecule has 1 fully saturated rings. The molecule has 0 unspecified atom stereocenters. The molecule has 168 valence electrons. The van der Waals surface area contributed by atoms with E-state index < -0.39 is 17.4 Å². The van der Waals surface area contributed by atoms with E-state index in [1.807, 2.05) is 36.4 Å². The number of aromatic nitrogens is 1. The fraction of sp³-hybridized carbons (Fsp3) is 0.240.